The van der Waals surface area contributed by atoms with Gasteiger partial charge in [-0.1, -0.05) is 6.92 Å². The molecule has 1 heterocycles. The summed E-state index contributed by atoms with van der Waals surface area (Å²) in [5.74, 6) is 0.0372. The molecular weight excluding hydrogens is 192 g/mol. The van der Waals surface area contributed by atoms with E-state index in [9.17, 15) is 4.79 Å². The molecule has 0 aromatic carbocycles. The molecule has 0 spiro atoms. The minimum absolute atomic E-state index is 0.0372. The third-order valence-corrected chi connectivity index (χ3v) is 2.75. The Hall–Kier alpha value is -0.610. The molecule has 88 valence electrons. The topological polar surface area (TPSA) is 50.4 Å². The Morgan fingerprint density at radius 3 is 2.93 bits per heavy atom. The Morgan fingerprint density at radius 1 is 1.47 bits per heavy atom. The molecule has 4 nitrogen and oxygen atoms in total. The summed E-state index contributed by atoms with van der Waals surface area (Å²) in [5, 5.41) is 6.22. The maximum Gasteiger partial charge on any atom is 0.216 e. The summed E-state index contributed by atoms with van der Waals surface area (Å²) in [5.41, 5.74) is 0. The zero-order valence-corrected chi connectivity index (χ0v) is 9.71. The monoisotopic (exact) mass is 214 g/mol. The quantitative estimate of drug-likeness (QED) is 0.661. The van der Waals surface area contributed by atoms with E-state index in [1.165, 1.54) is 0 Å². The third kappa shape index (κ3) is 5.14. The van der Waals surface area contributed by atoms with Gasteiger partial charge in [-0.2, -0.15) is 0 Å². The van der Waals surface area contributed by atoms with E-state index >= 15 is 0 Å². The van der Waals surface area contributed by atoms with Crippen molar-refractivity contribution in [2.75, 3.05) is 19.7 Å². The lowest BCUT2D eigenvalue weighted by Gasteiger charge is -2.29. The fraction of sp³-hybridized carbons (Fsp3) is 0.909. The molecule has 2 unspecified atom stereocenters. The van der Waals surface area contributed by atoms with Crippen molar-refractivity contribution in [3.63, 3.8) is 0 Å². The SMILES string of the molecule is CCC1CC(NCCNC(C)=O)CCO1. The van der Waals surface area contributed by atoms with Crippen LogP contribution in [0.4, 0.5) is 0 Å². The normalized spacial score (nSPS) is 26.3. The van der Waals surface area contributed by atoms with Crippen molar-refractivity contribution in [2.24, 2.45) is 0 Å². The van der Waals surface area contributed by atoms with E-state index in [2.05, 4.69) is 17.6 Å². The minimum atomic E-state index is 0.0372. The highest BCUT2D eigenvalue weighted by molar-refractivity contribution is 5.72. The van der Waals surface area contributed by atoms with Gasteiger partial charge >= 0.3 is 0 Å². The largest absolute Gasteiger partial charge is 0.378 e. The smallest absolute Gasteiger partial charge is 0.216 e. The van der Waals surface area contributed by atoms with Crippen LogP contribution in [0.2, 0.25) is 0 Å². The van der Waals surface area contributed by atoms with Crippen molar-refractivity contribution in [2.45, 2.75) is 45.3 Å². The number of hydrogen-bond donors (Lipinski definition) is 2. The Kier molecular flexibility index (Phi) is 5.65. The highest BCUT2D eigenvalue weighted by Crippen LogP contribution is 2.15. The van der Waals surface area contributed by atoms with Gasteiger partial charge in [-0.25, -0.2) is 0 Å². The van der Waals surface area contributed by atoms with Crippen LogP contribution in [-0.4, -0.2) is 37.7 Å². The van der Waals surface area contributed by atoms with Gasteiger partial charge in [-0.3, -0.25) is 4.79 Å². The first-order valence-electron chi connectivity index (χ1n) is 5.81. The maximum atomic E-state index is 10.6. The molecule has 2 atom stereocenters. The van der Waals surface area contributed by atoms with E-state index in [-0.39, 0.29) is 5.91 Å². The highest BCUT2D eigenvalue weighted by Gasteiger charge is 2.20. The van der Waals surface area contributed by atoms with Crippen molar-refractivity contribution in [1.29, 1.82) is 0 Å². The number of nitrogens with one attached hydrogen (secondary N) is 2. The Bertz CT molecular complexity index is 197. The summed E-state index contributed by atoms with van der Waals surface area (Å²) >= 11 is 0. The molecule has 1 amide bonds. The average molecular weight is 214 g/mol. The van der Waals surface area contributed by atoms with Crippen LogP contribution in [0.3, 0.4) is 0 Å². The van der Waals surface area contributed by atoms with Crippen LogP contribution in [0.25, 0.3) is 0 Å². The zero-order chi connectivity index (χ0) is 11.1. The zero-order valence-electron chi connectivity index (χ0n) is 9.71. The van der Waals surface area contributed by atoms with Gasteiger partial charge in [0.1, 0.15) is 0 Å². The van der Waals surface area contributed by atoms with E-state index in [0.717, 1.165) is 32.4 Å². The van der Waals surface area contributed by atoms with Crippen LogP contribution in [-0.2, 0) is 9.53 Å². The van der Waals surface area contributed by atoms with Crippen molar-refractivity contribution >= 4 is 5.91 Å². The van der Waals surface area contributed by atoms with E-state index in [1.54, 1.807) is 6.92 Å². The molecule has 1 aliphatic rings. The third-order valence-electron chi connectivity index (χ3n) is 2.75. The number of amides is 1. The summed E-state index contributed by atoms with van der Waals surface area (Å²) in [7, 11) is 0. The second-order valence-electron chi connectivity index (χ2n) is 4.06. The van der Waals surface area contributed by atoms with Crippen LogP contribution in [0, 0.1) is 0 Å². The highest BCUT2D eigenvalue weighted by atomic mass is 16.5. The molecule has 15 heavy (non-hydrogen) atoms. The summed E-state index contributed by atoms with van der Waals surface area (Å²) in [6.07, 6.45) is 3.67. The second-order valence-corrected chi connectivity index (χ2v) is 4.06. The molecule has 0 aromatic heterocycles. The number of carbonyl (C=O) groups is 1. The van der Waals surface area contributed by atoms with Gasteiger partial charge in [0.05, 0.1) is 6.10 Å². The predicted octanol–water partition coefficient (Wildman–Crippen LogP) is 0.670. The van der Waals surface area contributed by atoms with Crippen LogP contribution in [0.5, 0.6) is 0 Å². The van der Waals surface area contributed by atoms with Gasteiger partial charge in [-0.15, -0.1) is 0 Å². The van der Waals surface area contributed by atoms with Gasteiger partial charge < -0.3 is 15.4 Å². The molecule has 1 aliphatic heterocycles. The summed E-state index contributed by atoms with van der Waals surface area (Å²) in [6.45, 7) is 6.12. The van der Waals surface area contributed by atoms with Crippen molar-refractivity contribution in [3.05, 3.63) is 0 Å². The number of hydrogen-bond acceptors (Lipinski definition) is 3. The Labute approximate surface area is 91.8 Å². The molecule has 0 radical (unpaired) electrons. The van der Waals surface area contributed by atoms with Crippen LogP contribution in [0.1, 0.15) is 33.1 Å². The first kappa shape index (κ1) is 12.5. The molecule has 4 heteroatoms. The summed E-state index contributed by atoms with van der Waals surface area (Å²) in [6, 6.07) is 0.553. The first-order valence-corrected chi connectivity index (χ1v) is 5.81. The molecule has 1 saturated heterocycles. The lowest BCUT2D eigenvalue weighted by atomic mass is 10.0. The molecule has 2 N–H and O–H groups in total. The van der Waals surface area contributed by atoms with Crippen molar-refractivity contribution in [1.82, 2.24) is 10.6 Å². The number of carbonyl (C=O) groups excluding carboxylic acids is 1. The van der Waals surface area contributed by atoms with Gasteiger partial charge in [-0.05, 0) is 19.3 Å². The standard InChI is InChI=1S/C11H22N2O2/c1-3-11-8-10(4-7-15-11)13-6-5-12-9(2)14/h10-11,13H,3-8H2,1-2H3,(H,12,14). The van der Waals surface area contributed by atoms with Gasteiger partial charge in [0, 0.05) is 32.7 Å². The average Bonchev–Trinajstić information content (AvgIpc) is 2.24. The molecular formula is C11H22N2O2. The van der Waals surface area contributed by atoms with Crippen molar-refractivity contribution < 1.29 is 9.53 Å². The van der Waals surface area contributed by atoms with Crippen molar-refractivity contribution in [3.8, 4) is 0 Å². The molecule has 0 aliphatic carbocycles. The van der Waals surface area contributed by atoms with E-state index in [1.807, 2.05) is 0 Å². The Balaban J connectivity index is 2.07. The Morgan fingerprint density at radius 2 is 2.27 bits per heavy atom. The van der Waals surface area contributed by atoms with E-state index in [4.69, 9.17) is 4.74 Å². The fourth-order valence-electron chi connectivity index (χ4n) is 1.86. The van der Waals surface area contributed by atoms with Crippen LogP contribution >= 0.6 is 0 Å². The lowest BCUT2D eigenvalue weighted by Crippen LogP contribution is -2.42. The van der Waals surface area contributed by atoms with Crippen LogP contribution < -0.4 is 10.6 Å². The number of ether oxygens (including phenoxy) is 1. The van der Waals surface area contributed by atoms with E-state index in [0.29, 0.717) is 18.7 Å². The summed E-state index contributed by atoms with van der Waals surface area (Å²) < 4.78 is 5.59. The van der Waals surface area contributed by atoms with Gasteiger partial charge in [0.2, 0.25) is 5.91 Å². The molecule has 1 rings (SSSR count). The van der Waals surface area contributed by atoms with Gasteiger partial charge in [0.15, 0.2) is 0 Å². The van der Waals surface area contributed by atoms with E-state index < -0.39 is 0 Å². The van der Waals surface area contributed by atoms with Gasteiger partial charge in [0.25, 0.3) is 0 Å². The lowest BCUT2D eigenvalue weighted by molar-refractivity contribution is -0.118. The first-order chi connectivity index (χ1) is 7.22. The molecule has 1 fully saturated rings. The second kappa shape index (κ2) is 6.80. The predicted molar refractivity (Wildman–Crippen MR) is 59.7 cm³/mol. The fourth-order valence-corrected chi connectivity index (χ4v) is 1.86. The minimum Gasteiger partial charge on any atom is -0.378 e. The molecule has 0 bridgehead atoms. The maximum absolute atomic E-state index is 10.6. The number of rotatable bonds is 5. The summed E-state index contributed by atoms with van der Waals surface area (Å²) in [4.78, 5) is 10.6. The molecule has 0 saturated carbocycles. The van der Waals surface area contributed by atoms with Crippen LogP contribution in [0.15, 0.2) is 0 Å². The molecule has 0 aromatic rings.